The number of benzene rings is 2. The van der Waals surface area contributed by atoms with Crippen LogP contribution >= 0.6 is 15.9 Å². The van der Waals surface area contributed by atoms with Crippen LogP contribution in [0.2, 0.25) is 0 Å². The maximum Gasteiger partial charge on any atom is 0.0253 e. The Morgan fingerprint density at radius 1 is 1.00 bits per heavy atom. The molecule has 2 aromatic rings. The molecule has 2 rings (SSSR count). The van der Waals surface area contributed by atoms with E-state index in [0.717, 1.165) is 22.9 Å². The minimum Gasteiger partial charge on any atom is -0.308 e. The molecule has 0 aliphatic rings. The van der Waals surface area contributed by atoms with E-state index >= 15 is 0 Å². The summed E-state index contributed by atoms with van der Waals surface area (Å²) in [5.41, 5.74) is 3.57. The summed E-state index contributed by atoms with van der Waals surface area (Å²) < 4.78 is 1.12. The summed E-state index contributed by atoms with van der Waals surface area (Å²) in [6.45, 7) is 0. The van der Waals surface area contributed by atoms with E-state index < -0.39 is 0 Å². The van der Waals surface area contributed by atoms with Gasteiger partial charge in [-0.1, -0.05) is 52.3 Å². The first-order chi connectivity index (χ1) is 8.29. The zero-order valence-electron chi connectivity index (χ0n) is 9.49. The lowest BCUT2D eigenvalue weighted by molar-refractivity contribution is 0.957. The Balaban J connectivity index is 2.09. The molecule has 0 unspecified atom stereocenters. The van der Waals surface area contributed by atoms with Crippen molar-refractivity contribution >= 4 is 22.1 Å². The number of aryl methyl sites for hydroxylation is 2. The molecule has 0 amide bonds. The Morgan fingerprint density at radius 3 is 2.59 bits per heavy atom. The molecule has 17 heavy (non-hydrogen) atoms. The monoisotopic (exact) mass is 287 g/mol. The van der Waals surface area contributed by atoms with E-state index in [-0.39, 0.29) is 0 Å². The molecule has 1 nitrogen and oxygen atoms in total. The van der Waals surface area contributed by atoms with Crippen molar-refractivity contribution in [2.75, 3.05) is 0 Å². The average molecular weight is 288 g/mol. The van der Waals surface area contributed by atoms with Crippen molar-refractivity contribution in [2.24, 2.45) is 0 Å². The normalized spacial score (nSPS) is 10.2. The van der Waals surface area contributed by atoms with Gasteiger partial charge in [-0.25, -0.2) is 0 Å². The van der Waals surface area contributed by atoms with Gasteiger partial charge in [0, 0.05) is 10.7 Å². The van der Waals surface area contributed by atoms with E-state index in [1.807, 2.05) is 24.3 Å². The van der Waals surface area contributed by atoms with Crippen molar-refractivity contribution in [3.63, 3.8) is 0 Å². The second kappa shape index (κ2) is 5.78. The smallest absolute Gasteiger partial charge is 0.0253 e. The molecule has 1 N–H and O–H groups in total. The first kappa shape index (κ1) is 12.1. The number of hydrogen-bond acceptors (Lipinski definition) is 1. The minimum atomic E-state index is 0.974. The topological polar surface area (TPSA) is 23.9 Å². The largest absolute Gasteiger partial charge is 0.308 e. The first-order valence-corrected chi connectivity index (χ1v) is 6.42. The van der Waals surface area contributed by atoms with Crippen LogP contribution in [0.3, 0.4) is 0 Å². The van der Waals surface area contributed by atoms with Crippen LogP contribution in [-0.4, -0.2) is 6.21 Å². The van der Waals surface area contributed by atoms with Crippen molar-refractivity contribution in [1.29, 1.82) is 5.41 Å². The Bertz CT molecular complexity index is 520. The lowest BCUT2D eigenvalue weighted by Gasteiger charge is -2.05. The summed E-state index contributed by atoms with van der Waals surface area (Å²) in [4.78, 5) is 0. The van der Waals surface area contributed by atoms with Crippen LogP contribution in [0.5, 0.6) is 0 Å². The average Bonchev–Trinajstić information content (AvgIpc) is 2.37. The minimum absolute atomic E-state index is 0.974. The number of hydrogen-bond donors (Lipinski definition) is 1. The van der Waals surface area contributed by atoms with Crippen molar-refractivity contribution in [3.8, 4) is 0 Å². The summed E-state index contributed by atoms with van der Waals surface area (Å²) in [6, 6.07) is 16.5. The molecule has 2 heteroatoms. The number of nitrogens with one attached hydrogen (secondary N) is 1. The molecule has 0 fully saturated rings. The quantitative estimate of drug-likeness (QED) is 0.814. The highest BCUT2D eigenvalue weighted by molar-refractivity contribution is 9.10. The Kier molecular flexibility index (Phi) is 4.10. The zero-order chi connectivity index (χ0) is 12.1. The van der Waals surface area contributed by atoms with Crippen LogP contribution in [0.1, 0.15) is 16.7 Å². The van der Waals surface area contributed by atoms with Crippen LogP contribution in [0, 0.1) is 5.41 Å². The summed E-state index contributed by atoms with van der Waals surface area (Å²) in [7, 11) is 0. The standard InChI is InChI=1S/C15H14BrN/c16-15-7-3-4-12(10-15)8-9-13-5-1-2-6-14(13)11-17/h1-7,10-11,17H,8-9H2. The van der Waals surface area contributed by atoms with Gasteiger partial charge in [-0.05, 0) is 41.7 Å². The lowest BCUT2D eigenvalue weighted by atomic mass is 10.0. The van der Waals surface area contributed by atoms with E-state index in [1.54, 1.807) is 0 Å². The highest BCUT2D eigenvalue weighted by Gasteiger charge is 2.00. The fourth-order valence-corrected chi connectivity index (χ4v) is 2.32. The van der Waals surface area contributed by atoms with E-state index in [4.69, 9.17) is 5.41 Å². The van der Waals surface area contributed by atoms with E-state index in [9.17, 15) is 0 Å². The summed E-state index contributed by atoms with van der Waals surface area (Å²) in [5, 5.41) is 7.37. The predicted octanol–water partition coefficient (Wildman–Crippen LogP) is 4.23. The molecule has 86 valence electrons. The highest BCUT2D eigenvalue weighted by atomic mass is 79.9. The van der Waals surface area contributed by atoms with Crippen molar-refractivity contribution in [2.45, 2.75) is 12.8 Å². The Labute approximate surface area is 110 Å². The summed E-state index contributed by atoms with van der Waals surface area (Å²) in [6.07, 6.45) is 3.41. The lowest BCUT2D eigenvalue weighted by Crippen LogP contribution is -1.95. The first-order valence-electron chi connectivity index (χ1n) is 5.62. The number of rotatable bonds is 4. The maximum atomic E-state index is 7.37. The molecular weight excluding hydrogens is 274 g/mol. The Hall–Kier alpha value is -1.41. The van der Waals surface area contributed by atoms with E-state index in [2.05, 4.69) is 40.2 Å². The third-order valence-corrected chi connectivity index (χ3v) is 3.28. The second-order valence-electron chi connectivity index (χ2n) is 3.97. The molecule has 0 atom stereocenters. The second-order valence-corrected chi connectivity index (χ2v) is 4.89. The van der Waals surface area contributed by atoms with Gasteiger partial charge in [-0.15, -0.1) is 0 Å². The van der Waals surface area contributed by atoms with E-state index in [0.29, 0.717) is 0 Å². The Morgan fingerprint density at radius 2 is 1.82 bits per heavy atom. The summed E-state index contributed by atoms with van der Waals surface area (Å²) in [5.74, 6) is 0. The van der Waals surface area contributed by atoms with Crippen LogP contribution in [0.25, 0.3) is 0 Å². The molecule has 0 saturated carbocycles. The van der Waals surface area contributed by atoms with Gasteiger partial charge >= 0.3 is 0 Å². The van der Waals surface area contributed by atoms with Gasteiger partial charge in [-0.3, -0.25) is 0 Å². The molecule has 0 saturated heterocycles. The van der Waals surface area contributed by atoms with Crippen molar-refractivity contribution < 1.29 is 0 Å². The van der Waals surface area contributed by atoms with Crippen LogP contribution in [-0.2, 0) is 12.8 Å². The van der Waals surface area contributed by atoms with Crippen LogP contribution < -0.4 is 0 Å². The molecule has 0 aromatic heterocycles. The highest BCUT2D eigenvalue weighted by Crippen LogP contribution is 2.15. The zero-order valence-corrected chi connectivity index (χ0v) is 11.1. The van der Waals surface area contributed by atoms with Gasteiger partial charge in [-0.2, -0.15) is 0 Å². The molecule has 0 aliphatic heterocycles. The van der Waals surface area contributed by atoms with Gasteiger partial charge in [0.1, 0.15) is 0 Å². The third kappa shape index (κ3) is 3.27. The molecule has 0 aliphatic carbocycles. The third-order valence-electron chi connectivity index (χ3n) is 2.78. The summed E-state index contributed by atoms with van der Waals surface area (Å²) >= 11 is 3.48. The van der Waals surface area contributed by atoms with Gasteiger partial charge in [0.25, 0.3) is 0 Å². The fraction of sp³-hybridized carbons (Fsp3) is 0.133. The molecule has 0 spiro atoms. The molecule has 0 heterocycles. The van der Waals surface area contributed by atoms with Gasteiger partial charge in [0.15, 0.2) is 0 Å². The molecule has 0 radical (unpaired) electrons. The maximum absolute atomic E-state index is 7.37. The fourth-order valence-electron chi connectivity index (χ4n) is 1.87. The predicted molar refractivity (Wildman–Crippen MR) is 75.9 cm³/mol. The molecule has 0 bridgehead atoms. The van der Waals surface area contributed by atoms with Gasteiger partial charge in [0.05, 0.1) is 0 Å². The molecule has 2 aromatic carbocycles. The van der Waals surface area contributed by atoms with E-state index in [1.165, 1.54) is 17.3 Å². The number of halogens is 1. The van der Waals surface area contributed by atoms with Crippen molar-refractivity contribution in [1.82, 2.24) is 0 Å². The molecular formula is C15H14BrN. The van der Waals surface area contributed by atoms with Gasteiger partial charge < -0.3 is 5.41 Å². The SMILES string of the molecule is N=Cc1ccccc1CCc1cccc(Br)c1. The van der Waals surface area contributed by atoms with Crippen LogP contribution in [0.4, 0.5) is 0 Å². The van der Waals surface area contributed by atoms with Crippen molar-refractivity contribution in [3.05, 3.63) is 69.7 Å². The van der Waals surface area contributed by atoms with Crippen LogP contribution in [0.15, 0.2) is 53.0 Å². The van der Waals surface area contributed by atoms with Gasteiger partial charge in [0.2, 0.25) is 0 Å².